The fourth-order valence-corrected chi connectivity index (χ4v) is 2.51. The van der Waals surface area contributed by atoms with Gasteiger partial charge in [-0.05, 0) is 25.3 Å². The molecule has 0 radical (unpaired) electrons. The summed E-state index contributed by atoms with van der Waals surface area (Å²) in [7, 11) is 1.64. The third-order valence-corrected chi connectivity index (χ3v) is 3.68. The van der Waals surface area contributed by atoms with Gasteiger partial charge in [-0.3, -0.25) is 0 Å². The molecular weight excluding hydrogens is 238 g/mol. The second kappa shape index (κ2) is 4.67. The molecule has 92 valence electrons. The minimum Gasteiger partial charge on any atom is -0.377 e. The standard InChI is InChI=1S/C10H15N5OS/c1-16-6-8-12-13-10-15(8)14-9(17-10)5-11-4-7-2-3-7/h7,11H,2-6H2,1H3. The summed E-state index contributed by atoms with van der Waals surface area (Å²) in [5.74, 6) is 1.65. The van der Waals surface area contributed by atoms with Crippen molar-refractivity contribution in [2.24, 2.45) is 5.92 Å². The van der Waals surface area contributed by atoms with Gasteiger partial charge in [0.2, 0.25) is 4.96 Å². The van der Waals surface area contributed by atoms with Crippen LogP contribution in [0.1, 0.15) is 23.7 Å². The molecule has 0 bridgehead atoms. The summed E-state index contributed by atoms with van der Waals surface area (Å²) < 4.78 is 6.82. The average molecular weight is 253 g/mol. The van der Waals surface area contributed by atoms with Gasteiger partial charge in [0.25, 0.3) is 0 Å². The predicted molar refractivity (Wildman–Crippen MR) is 63.8 cm³/mol. The van der Waals surface area contributed by atoms with Crippen molar-refractivity contribution < 1.29 is 4.74 Å². The first kappa shape index (κ1) is 11.1. The van der Waals surface area contributed by atoms with Gasteiger partial charge in [0.1, 0.15) is 11.6 Å². The normalized spacial score (nSPS) is 15.8. The highest BCUT2D eigenvalue weighted by molar-refractivity contribution is 7.16. The lowest BCUT2D eigenvalue weighted by Crippen LogP contribution is -2.16. The van der Waals surface area contributed by atoms with E-state index in [9.17, 15) is 0 Å². The van der Waals surface area contributed by atoms with E-state index >= 15 is 0 Å². The molecule has 1 N–H and O–H groups in total. The molecule has 6 nitrogen and oxygen atoms in total. The third-order valence-electron chi connectivity index (χ3n) is 2.78. The molecule has 0 atom stereocenters. The maximum atomic E-state index is 5.05. The first-order chi connectivity index (χ1) is 8.36. The van der Waals surface area contributed by atoms with Crippen molar-refractivity contribution in [2.45, 2.75) is 26.0 Å². The van der Waals surface area contributed by atoms with Crippen LogP contribution in [0.4, 0.5) is 0 Å². The zero-order valence-electron chi connectivity index (χ0n) is 9.72. The number of nitrogens with one attached hydrogen (secondary N) is 1. The SMILES string of the molecule is COCc1nnc2sc(CNCC3CC3)nn12. The number of ether oxygens (including phenoxy) is 1. The Morgan fingerprint density at radius 3 is 3.12 bits per heavy atom. The largest absolute Gasteiger partial charge is 0.377 e. The molecule has 7 heteroatoms. The maximum absolute atomic E-state index is 5.05. The molecule has 0 aromatic carbocycles. The Balaban J connectivity index is 1.67. The Kier molecular flexibility index (Phi) is 3.04. The van der Waals surface area contributed by atoms with Crippen molar-refractivity contribution in [1.29, 1.82) is 0 Å². The smallest absolute Gasteiger partial charge is 0.234 e. The van der Waals surface area contributed by atoms with Crippen molar-refractivity contribution in [3.63, 3.8) is 0 Å². The summed E-state index contributed by atoms with van der Waals surface area (Å²) >= 11 is 1.58. The highest BCUT2D eigenvalue weighted by atomic mass is 32.1. The fraction of sp³-hybridized carbons (Fsp3) is 0.700. The van der Waals surface area contributed by atoms with Gasteiger partial charge < -0.3 is 10.1 Å². The van der Waals surface area contributed by atoms with E-state index in [1.807, 2.05) is 0 Å². The van der Waals surface area contributed by atoms with E-state index in [1.54, 1.807) is 23.0 Å². The summed E-state index contributed by atoms with van der Waals surface area (Å²) in [6.45, 7) is 2.36. The molecule has 2 aromatic heterocycles. The Morgan fingerprint density at radius 2 is 2.35 bits per heavy atom. The van der Waals surface area contributed by atoms with Crippen LogP contribution in [-0.2, 0) is 17.9 Å². The zero-order valence-corrected chi connectivity index (χ0v) is 10.5. The van der Waals surface area contributed by atoms with Crippen LogP contribution in [0.3, 0.4) is 0 Å². The fourth-order valence-electron chi connectivity index (χ4n) is 1.69. The lowest BCUT2D eigenvalue weighted by atomic mass is 10.4. The number of methoxy groups -OCH3 is 1. The van der Waals surface area contributed by atoms with Crippen LogP contribution in [0.5, 0.6) is 0 Å². The van der Waals surface area contributed by atoms with E-state index in [2.05, 4.69) is 20.6 Å². The Bertz CT molecular complexity index is 504. The molecule has 0 spiro atoms. The van der Waals surface area contributed by atoms with E-state index in [0.717, 1.165) is 34.8 Å². The summed E-state index contributed by atoms with van der Waals surface area (Å²) in [5, 5.41) is 17.0. The lowest BCUT2D eigenvalue weighted by Gasteiger charge is -1.98. The van der Waals surface area contributed by atoms with Crippen LogP contribution in [0, 0.1) is 5.92 Å². The minimum absolute atomic E-state index is 0.444. The van der Waals surface area contributed by atoms with Gasteiger partial charge in [-0.2, -0.15) is 9.61 Å². The van der Waals surface area contributed by atoms with Crippen LogP contribution in [0.2, 0.25) is 0 Å². The zero-order chi connectivity index (χ0) is 11.7. The second-order valence-corrected chi connectivity index (χ2v) is 5.35. The van der Waals surface area contributed by atoms with Crippen molar-refractivity contribution in [3.05, 3.63) is 10.8 Å². The second-order valence-electron chi connectivity index (χ2n) is 4.31. The molecule has 1 saturated carbocycles. The number of rotatable bonds is 6. The molecule has 3 rings (SSSR count). The van der Waals surface area contributed by atoms with Gasteiger partial charge in [0, 0.05) is 13.7 Å². The Morgan fingerprint density at radius 1 is 1.47 bits per heavy atom. The Hall–Kier alpha value is -1.05. The monoisotopic (exact) mass is 253 g/mol. The van der Waals surface area contributed by atoms with E-state index < -0.39 is 0 Å². The topological polar surface area (TPSA) is 64.3 Å². The van der Waals surface area contributed by atoms with E-state index in [0.29, 0.717) is 6.61 Å². The summed E-state index contributed by atoms with van der Waals surface area (Å²) in [6.07, 6.45) is 2.74. The summed E-state index contributed by atoms with van der Waals surface area (Å²) in [6, 6.07) is 0. The molecular formula is C10H15N5OS. The quantitative estimate of drug-likeness (QED) is 0.826. The maximum Gasteiger partial charge on any atom is 0.234 e. The molecule has 2 heterocycles. The average Bonchev–Trinajstić information content (AvgIpc) is 2.93. The van der Waals surface area contributed by atoms with Crippen LogP contribution in [0.15, 0.2) is 0 Å². The van der Waals surface area contributed by atoms with Gasteiger partial charge in [-0.1, -0.05) is 11.3 Å². The molecule has 0 saturated heterocycles. The number of aromatic nitrogens is 4. The first-order valence-corrected chi connectivity index (χ1v) is 6.58. The van der Waals surface area contributed by atoms with Gasteiger partial charge in [0.15, 0.2) is 5.82 Å². The van der Waals surface area contributed by atoms with E-state index in [1.165, 1.54) is 12.8 Å². The van der Waals surface area contributed by atoms with Crippen LogP contribution in [-0.4, -0.2) is 33.5 Å². The van der Waals surface area contributed by atoms with Gasteiger partial charge in [-0.25, -0.2) is 0 Å². The summed E-state index contributed by atoms with van der Waals surface area (Å²) in [4.78, 5) is 0.834. The predicted octanol–water partition coefficient (Wildman–Crippen LogP) is 0.832. The summed E-state index contributed by atoms with van der Waals surface area (Å²) in [5.41, 5.74) is 0. The van der Waals surface area contributed by atoms with Crippen molar-refractivity contribution >= 4 is 16.3 Å². The van der Waals surface area contributed by atoms with Crippen LogP contribution < -0.4 is 5.32 Å². The Labute approximate surface area is 103 Å². The number of nitrogens with zero attached hydrogens (tertiary/aromatic N) is 4. The van der Waals surface area contributed by atoms with Gasteiger partial charge in [0.05, 0.1) is 0 Å². The molecule has 1 fully saturated rings. The van der Waals surface area contributed by atoms with Crippen molar-refractivity contribution in [1.82, 2.24) is 25.1 Å². The third kappa shape index (κ3) is 2.46. The van der Waals surface area contributed by atoms with Crippen molar-refractivity contribution in [2.75, 3.05) is 13.7 Å². The van der Waals surface area contributed by atoms with Gasteiger partial charge in [-0.15, -0.1) is 10.2 Å². The molecule has 0 aliphatic heterocycles. The molecule has 1 aliphatic rings. The first-order valence-electron chi connectivity index (χ1n) is 5.76. The lowest BCUT2D eigenvalue weighted by molar-refractivity contribution is 0.176. The van der Waals surface area contributed by atoms with Crippen LogP contribution >= 0.6 is 11.3 Å². The minimum atomic E-state index is 0.444. The van der Waals surface area contributed by atoms with Crippen molar-refractivity contribution in [3.8, 4) is 0 Å². The molecule has 17 heavy (non-hydrogen) atoms. The molecule has 2 aromatic rings. The molecule has 1 aliphatic carbocycles. The van der Waals surface area contributed by atoms with E-state index in [4.69, 9.17) is 4.74 Å². The number of fused-ring (bicyclic) bond motifs is 1. The van der Waals surface area contributed by atoms with Crippen LogP contribution in [0.25, 0.3) is 4.96 Å². The van der Waals surface area contributed by atoms with E-state index in [-0.39, 0.29) is 0 Å². The van der Waals surface area contributed by atoms with Gasteiger partial charge >= 0.3 is 0 Å². The number of hydrogen-bond donors (Lipinski definition) is 1. The number of hydrogen-bond acceptors (Lipinski definition) is 6. The highest BCUT2D eigenvalue weighted by Crippen LogP contribution is 2.27. The molecule has 0 unspecified atom stereocenters. The molecule has 0 amide bonds. The highest BCUT2D eigenvalue weighted by Gasteiger charge is 2.20.